The number of ether oxygens (including phenoxy) is 1. The monoisotopic (exact) mass is 500 g/mol. The zero-order chi connectivity index (χ0) is 26.6. The summed E-state index contributed by atoms with van der Waals surface area (Å²) in [5, 5.41) is 21.8. The molecule has 0 spiro atoms. The second kappa shape index (κ2) is 7.83. The van der Waals surface area contributed by atoms with E-state index in [0.717, 1.165) is 51.4 Å². The Bertz CT molecular complexity index is 985. The Morgan fingerprint density at radius 2 is 1.56 bits per heavy atom. The summed E-state index contributed by atoms with van der Waals surface area (Å²) in [6.07, 6.45) is 6.86. The van der Waals surface area contributed by atoms with Gasteiger partial charge in [0.15, 0.2) is 0 Å². The smallest absolute Gasteiger partial charge is 0.312 e. The minimum absolute atomic E-state index is 0.00482. The average molecular weight is 501 g/mol. The van der Waals surface area contributed by atoms with Crippen molar-refractivity contribution in [2.45, 2.75) is 99.0 Å². The van der Waals surface area contributed by atoms with E-state index in [9.17, 15) is 19.8 Å². The Labute approximate surface area is 217 Å². The van der Waals surface area contributed by atoms with Gasteiger partial charge in [-0.3, -0.25) is 9.59 Å². The number of allylic oxidation sites excluding steroid dienone is 1. The minimum atomic E-state index is -0.844. The van der Waals surface area contributed by atoms with Crippen LogP contribution in [0, 0.1) is 62.6 Å². The number of aliphatic carboxylic acids is 1. The summed E-state index contributed by atoms with van der Waals surface area (Å²) in [6.45, 7) is 17.8. The summed E-state index contributed by atoms with van der Waals surface area (Å²) in [7, 11) is 1.54. The second-order valence-electron chi connectivity index (χ2n) is 14.8. The SMILES string of the molecule is C=C(C)[C@@H]1CC[C@]2(C(=O)OC)CC[C@]3(C)[C@H](CC[C@@H]4[C@@]5(C)[C@@H](C(=O)O)[C@H](O)C(C)(C)[C@@H]5CC[C@]43C)[C@@H]12. The molecule has 5 aliphatic carbocycles. The number of aliphatic hydroxyl groups is 1. The van der Waals surface area contributed by atoms with Gasteiger partial charge in [0.2, 0.25) is 0 Å². The van der Waals surface area contributed by atoms with Crippen molar-refractivity contribution in [1.29, 1.82) is 0 Å². The quantitative estimate of drug-likeness (QED) is 0.361. The highest BCUT2D eigenvalue weighted by molar-refractivity contribution is 5.78. The van der Waals surface area contributed by atoms with Gasteiger partial charge in [-0.1, -0.05) is 46.8 Å². The molecule has 0 saturated heterocycles. The normalized spacial score (nSPS) is 52.9. The number of rotatable bonds is 3. The lowest BCUT2D eigenvalue weighted by Gasteiger charge is -2.70. The fourth-order valence-corrected chi connectivity index (χ4v) is 12.0. The van der Waals surface area contributed by atoms with E-state index in [4.69, 9.17) is 4.74 Å². The summed E-state index contributed by atoms with van der Waals surface area (Å²) < 4.78 is 5.45. The third kappa shape index (κ3) is 2.82. The van der Waals surface area contributed by atoms with Gasteiger partial charge >= 0.3 is 11.9 Å². The van der Waals surface area contributed by atoms with Crippen molar-refractivity contribution >= 4 is 11.9 Å². The highest BCUT2D eigenvalue weighted by atomic mass is 16.5. The molecule has 5 rings (SSSR count). The fraction of sp³-hybridized carbons (Fsp3) is 0.871. The number of carboxylic acids is 1. The van der Waals surface area contributed by atoms with Crippen LogP contribution in [0.25, 0.3) is 0 Å². The Kier molecular flexibility index (Phi) is 5.71. The highest BCUT2D eigenvalue weighted by Gasteiger charge is 2.76. The third-order valence-electron chi connectivity index (χ3n) is 13.7. The zero-order valence-electron chi connectivity index (χ0n) is 23.5. The molecule has 0 aromatic carbocycles. The van der Waals surface area contributed by atoms with Crippen LogP contribution in [-0.4, -0.2) is 35.4 Å². The fourth-order valence-electron chi connectivity index (χ4n) is 12.0. The van der Waals surface area contributed by atoms with Gasteiger partial charge in [0, 0.05) is 0 Å². The maximum Gasteiger partial charge on any atom is 0.312 e. The summed E-state index contributed by atoms with van der Waals surface area (Å²) in [5.41, 5.74) is -0.132. The predicted molar refractivity (Wildman–Crippen MR) is 139 cm³/mol. The largest absolute Gasteiger partial charge is 0.481 e. The number of methoxy groups -OCH3 is 1. The van der Waals surface area contributed by atoms with Crippen LogP contribution in [0.1, 0.15) is 92.9 Å². The van der Waals surface area contributed by atoms with E-state index in [1.165, 1.54) is 12.7 Å². The topological polar surface area (TPSA) is 83.8 Å². The van der Waals surface area contributed by atoms with Crippen molar-refractivity contribution < 1.29 is 24.5 Å². The zero-order valence-corrected chi connectivity index (χ0v) is 23.5. The number of carbonyl (C=O) groups excluding carboxylic acids is 1. The molecule has 36 heavy (non-hydrogen) atoms. The lowest BCUT2D eigenvalue weighted by atomic mass is 9.34. The molecule has 0 bridgehead atoms. The van der Waals surface area contributed by atoms with Crippen LogP contribution in [0.3, 0.4) is 0 Å². The first kappa shape index (κ1) is 26.3. The first-order chi connectivity index (χ1) is 16.6. The molecular weight excluding hydrogens is 452 g/mol. The summed E-state index contributed by atoms with van der Waals surface area (Å²) in [6, 6.07) is 0. The Balaban J connectivity index is 1.61. The van der Waals surface area contributed by atoms with Gasteiger partial charge in [-0.25, -0.2) is 0 Å². The number of esters is 1. The summed E-state index contributed by atoms with van der Waals surface area (Å²) in [5.74, 6) is -0.237. The van der Waals surface area contributed by atoms with Crippen molar-refractivity contribution in [1.82, 2.24) is 0 Å². The lowest BCUT2D eigenvalue weighted by molar-refractivity contribution is -0.228. The molecule has 5 aliphatic rings. The molecule has 0 aromatic rings. The molecule has 5 heteroatoms. The average Bonchev–Trinajstić information content (AvgIpc) is 3.26. The second-order valence-corrected chi connectivity index (χ2v) is 14.8. The predicted octanol–water partition coefficient (Wildman–Crippen LogP) is 6.10. The van der Waals surface area contributed by atoms with E-state index in [0.29, 0.717) is 11.8 Å². The Morgan fingerprint density at radius 1 is 0.889 bits per heavy atom. The number of hydrogen-bond acceptors (Lipinski definition) is 4. The highest BCUT2D eigenvalue weighted by Crippen LogP contribution is 2.79. The van der Waals surface area contributed by atoms with Crippen molar-refractivity contribution in [3.8, 4) is 0 Å². The molecule has 11 atom stereocenters. The van der Waals surface area contributed by atoms with Crippen LogP contribution in [-0.2, 0) is 14.3 Å². The van der Waals surface area contributed by atoms with Crippen LogP contribution in [0.5, 0.6) is 0 Å². The van der Waals surface area contributed by atoms with Crippen molar-refractivity contribution in [3.63, 3.8) is 0 Å². The van der Waals surface area contributed by atoms with E-state index in [2.05, 4.69) is 48.1 Å². The molecule has 0 aromatic heterocycles. The molecule has 5 saturated carbocycles. The van der Waals surface area contributed by atoms with E-state index in [1.54, 1.807) is 0 Å². The number of fused-ring (bicyclic) bond motifs is 7. The minimum Gasteiger partial charge on any atom is -0.481 e. The molecule has 0 amide bonds. The maximum atomic E-state index is 13.4. The molecule has 5 nitrogen and oxygen atoms in total. The molecule has 2 N–H and O–H groups in total. The van der Waals surface area contributed by atoms with E-state index in [-0.39, 0.29) is 34.6 Å². The van der Waals surface area contributed by atoms with Crippen LogP contribution < -0.4 is 0 Å². The van der Waals surface area contributed by atoms with E-state index >= 15 is 0 Å². The van der Waals surface area contributed by atoms with Crippen molar-refractivity contribution in [2.75, 3.05) is 7.11 Å². The molecule has 202 valence electrons. The van der Waals surface area contributed by atoms with Gasteiger partial charge < -0.3 is 14.9 Å². The molecular formula is C31H48O5. The van der Waals surface area contributed by atoms with E-state index < -0.39 is 34.2 Å². The summed E-state index contributed by atoms with van der Waals surface area (Å²) >= 11 is 0. The van der Waals surface area contributed by atoms with Crippen molar-refractivity contribution in [2.24, 2.45) is 62.6 Å². The number of carboxylic acid groups (broad SMARTS) is 1. The lowest BCUT2D eigenvalue weighted by Crippen LogP contribution is -2.65. The number of carbonyl (C=O) groups is 2. The molecule has 0 heterocycles. The maximum absolute atomic E-state index is 13.4. The van der Waals surface area contributed by atoms with Gasteiger partial charge in [-0.2, -0.15) is 0 Å². The Morgan fingerprint density at radius 3 is 2.14 bits per heavy atom. The number of aliphatic hydroxyl groups excluding tert-OH is 1. The van der Waals surface area contributed by atoms with Crippen LogP contribution in [0.15, 0.2) is 12.2 Å². The number of hydrogen-bond donors (Lipinski definition) is 2. The van der Waals surface area contributed by atoms with E-state index in [1.807, 2.05) is 0 Å². The summed E-state index contributed by atoms with van der Waals surface area (Å²) in [4.78, 5) is 26.1. The van der Waals surface area contributed by atoms with Gasteiger partial charge in [0.1, 0.15) is 0 Å². The van der Waals surface area contributed by atoms with Crippen LogP contribution >= 0.6 is 0 Å². The first-order valence-corrected chi connectivity index (χ1v) is 14.3. The Hall–Kier alpha value is -1.36. The third-order valence-corrected chi connectivity index (χ3v) is 13.7. The van der Waals surface area contributed by atoms with Gasteiger partial charge in [-0.15, -0.1) is 0 Å². The standard InChI is InChI=1S/C31H48O5/c1-17(2)18-11-14-31(26(35)36-8)16-15-28(5)19(22(18)31)9-10-21-29(28,6)13-12-20-27(3,4)24(32)23(25(33)34)30(20,21)7/h18-24,32H,1,9-16H2,2-8H3,(H,33,34)/t18-,19+,20-,21-,22+,23+,24-,28+,29+,30-,31-/m0/s1. The molecule has 0 unspecified atom stereocenters. The van der Waals surface area contributed by atoms with Gasteiger partial charge in [-0.05, 0) is 110 Å². The van der Waals surface area contributed by atoms with Crippen LogP contribution in [0.4, 0.5) is 0 Å². The van der Waals surface area contributed by atoms with Crippen LogP contribution in [0.2, 0.25) is 0 Å². The molecule has 5 fully saturated rings. The van der Waals surface area contributed by atoms with Gasteiger partial charge in [0.05, 0.1) is 24.5 Å². The molecule has 0 aliphatic heterocycles. The van der Waals surface area contributed by atoms with Gasteiger partial charge in [0.25, 0.3) is 0 Å². The molecule has 0 radical (unpaired) electrons. The first-order valence-electron chi connectivity index (χ1n) is 14.3. The van der Waals surface area contributed by atoms with Crippen molar-refractivity contribution in [3.05, 3.63) is 12.2 Å².